The van der Waals surface area contributed by atoms with E-state index in [0.717, 1.165) is 16.5 Å². The van der Waals surface area contributed by atoms with Gasteiger partial charge in [0.1, 0.15) is 17.9 Å². The SMILES string of the molecule is CC(C)[C@@H]1OC(=O)C(C)(C)C/C=C/c2ccc3ccc(nc3c2)N(C)NC(=O)[C@@H]2CCCN(N2)C(=O)[C@H](C)NC1=O. The Morgan fingerprint density at radius 2 is 1.80 bits per heavy atom. The summed E-state index contributed by atoms with van der Waals surface area (Å²) < 4.78 is 5.71. The van der Waals surface area contributed by atoms with Gasteiger partial charge in [-0.05, 0) is 69.7 Å². The number of nitrogens with one attached hydrogen (secondary N) is 3. The van der Waals surface area contributed by atoms with Gasteiger partial charge in [-0.25, -0.2) is 10.4 Å². The first-order chi connectivity index (χ1) is 19.4. The highest BCUT2D eigenvalue weighted by Gasteiger charge is 2.36. The monoisotopic (exact) mass is 564 g/mol. The van der Waals surface area contributed by atoms with Gasteiger partial charge in [0, 0.05) is 19.0 Å². The molecule has 1 saturated heterocycles. The largest absolute Gasteiger partial charge is 0.452 e. The number of esters is 1. The second kappa shape index (κ2) is 12.3. The van der Waals surface area contributed by atoms with Crippen molar-refractivity contribution in [1.82, 2.24) is 26.2 Å². The molecule has 3 atom stereocenters. The van der Waals surface area contributed by atoms with Crippen molar-refractivity contribution in [3.05, 3.63) is 42.0 Å². The second-order valence-electron chi connectivity index (χ2n) is 11.8. The van der Waals surface area contributed by atoms with Crippen molar-refractivity contribution in [3.8, 4) is 0 Å². The molecule has 220 valence electrons. The van der Waals surface area contributed by atoms with Crippen LogP contribution in [0.2, 0.25) is 0 Å². The average molecular weight is 565 g/mol. The molecule has 1 aromatic carbocycles. The number of amides is 3. The van der Waals surface area contributed by atoms with Crippen LogP contribution in [0.15, 0.2) is 36.4 Å². The number of cyclic esters (lactones) is 1. The second-order valence-corrected chi connectivity index (χ2v) is 11.8. The molecule has 4 rings (SSSR count). The van der Waals surface area contributed by atoms with E-state index in [1.165, 1.54) is 5.01 Å². The van der Waals surface area contributed by atoms with Crippen LogP contribution in [0.3, 0.4) is 0 Å². The highest BCUT2D eigenvalue weighted by molar-refractivity contribution is 5.91. The Morgan fingerprint density at radius 3 is 2.54 bits per heavy atom. The van der Waals surface area contributed by atoms with Crippen molar-refractivity contribution < 1.29 is 23.9 Å². The van der Waals surface area contributed by atoms with E-state index >= 15 is 0 Å². The summed E-state index contributed by atoms with van der Waals surface area (Å²) in [6, 6.07) is 8.08. The summed E-state index contributed by atoms with van der Waals surface area (Å²) in [7, 11) is 1.71. The maximum atomic E-state index is 13.2. The third-order valence-corrected chi connectivity index (χ3v) is 7.41. The zero-order valence-electron chi connectivity index (χ0n) is 24.6. The number of hydrazine groups is 2. The van der Waals surface area contributed by atoms with Crippen LogP contribution in [0.1, 0.15) is 59.4 Å². The molecule has 0 unspecified atom stereocenters. The van der Waals surface area contributed by atoms with Crippen LogP contribution in [-0.4, -0.2) is 65.5 Å². The Kier molecular flexibility index (Phi) is 8.96. The summed E-state index contributed by atoms with van der Waals surface area (Å²) in [4.78, 5) is 57.4. The quantitative estimate of drug-likeness (QED) is 0.451. The molecule has 3 heterocycles. The molecule has 1 aromatic heterocycles. The number of pyridine rings is 1. The lowest BCUT2D eigenvalue weighted by Gasteiger charge is -2.35. The minimum atomic E-state index is -1.07. The number of hydrogen-bond donors (Lipinski definition) is 3. The van der Waals surface area contributed by atoms with E-state index < -0.39 is 41.4 Å². The molecule has 0 aliphatic carbocycles. The van der Waals surface area contributed by atoms with Crippen molar-refractivity contribution in [2.45, 2.75) is 72.1 Å². The molecule has 2 aliphatic rings. The van der Waals surface area contributed by atoms with E-state index in [9.17, 15) is 19.2 Å². The minimum absolute atomic E-state index is 0.309. The first kappa shape index (κ1) is 30.0. The van der Waals surface area contributed by atoms with Crippen LogP contribution in [0.4, 0.5) is 5.82 Å². The number of rotatable bonds is 1. The average Bonchev–Trinajstić information content (AvgIpc) is 2.94. The van der Waals surface area contributed by atoms with Crippen LogP contribution in [0.25, 0.3) is 17.0 Å². The number of nitrogens with zero attached hydrogens (tertiary/aromatic N) is 3. The first-order valence-corrected chi connectivity index (χ1v) is 14.1. The predicted octanol–water partition coefficient (Wildman–Crippen LogP) is 2.71. The maximum Gasteiger partial charge on any atom is 0.312 e. The molecule has 11 heteroatoms. The highest BCUT2D eigenvalue weighted by atomic mass is 16.5. The van der Waals surface area contributed by atoms with Crippen LogP contribution in [0.5, 0.6) is 0 Å². The molecule has 41 heavy (non-hydrogen) atoms. The van der Waals surface area contributed by atoms with E-state index in [0.29, 0.717) is 31.6 Å². The van der Waals surface area contributed by atoms with Crippen LogP contribution >= 0.6 is 0 Å². The number of allylic oxidation sites excluding steroid dienone is 1. The third-order valence-electron chi connectivity index (χ3n) is 7.41. The lowest BCUT2D eigenvalue weighted by Crippen LogP contribution is -2.62. The Hall–Kier alpha value is -3.99. The molecule has 2 aromatic rings. The molecular weight excluding hydrogens is 524 g/mol. The summed E-state index contributed by atoms with van der Waals surface area (Å²) in [5, 5.41) is 6.57. The first-order valence-electron chi connectivity index (χ1n) is 14.1. The summed E-state index contributed by atoms with van der Waals surface area (Å²) in [6.45, 7) is 9.08. The number of carbonyl (C=O) groups excluding carboxylic acids is 4. The summed E-state index contributed by atoms with van der Waals surface area (Å²) in [5.74, 6) is -1.51. The lowest BCUT2D eigenvalue weighted by atomic mass is 9.89. The van der Waals surface area contributed by atoms with Gasteiger partial charge in [0.25, 0.3) is 17.7 Å². The number of benzene rings is 1. The molecule has 11 nitrogen and oxygen atoms in total. The maximum absolute atomic E-state index is 13.2. The van der Waals surface area contributed by atoms with E-state index in [4.69, 9.17) is 9.72 Å². The van der Waals surface area contributed by atoms with Crippen molar-refractivity contribution in [3.63, 3.8) is 0 Å². The van der Waals surface area contributed by atoms with Crippen molar-refractivity contribution in [2.24, 2.45) is 11.3 Å². The molecular formula is C30H40N6O5. The van der Waals surface area contributed by atoms with Crippen LogP contribution < -0.4 is 21.2 Å². The normalized spacial score (nSPS) is 25.4. The lowest BCUT2D eigenvalue weighted by molar-refractivity contribution is -0.167. The van der Waals surface area contributed by atoms with E-state index in [-0.39, 0.29) is 11.8 Å². The number of aromatic nitrogens is 1. The van der Waals surface area contributed by atoms with Crippen molar-refractivity contribution in [1.29, 1.82) is 0 Å². The van der Waals surface area contributed by atoms with Gasteiger partial charge in [0.05, 0.1) is 10.9 Å². The van der Waals surface area contributed by atoms with Gasteiger partial charge in [0.2, 0.25) is 0 Å². The van der Waals surface area contributed by atoms with Gasteiger partial charge in [-0.2, -0.15) is 0 Å². The van der Waals surface area contributed by atoms with Crippen molar-refractivity contribution >= 4 is 46.5 Å². The highest BCUT2D eigenvalue weighted by Crippen LogP contribution is 2.26. The zero-order chi connectivity index (χ0) is 29.9. The number of hydrogen-bond acceptors (Lipinski definition) is 8. The smallest absolute Gasteiger partial charge is 0.312 e. The van der Waals surface area contributed by atoms with Gasteiger partial charge < -0.3 is 10.1 Å². The molecule has 0 saturated carbocycles. The Balaban J connectivity index is 1.66. The predicted molar refractivity (Wildman–Crippen MR) is 156 cm³/mol. The fraction of sp³-hybridized carbons (Fsp3) is 0.500. The number of carbonyl (C=O) groups is 4. The molecule has 0 radical (unpaired) electrons. The van der Waals surface area contributed by atoms with Gasteiger partial charge in [0.15, 0.2) is 6.10 Å². The topological polar surface area (TPSA) is 133 Å². The number of fused-ring (bicyclic) bond motifs is 4. The van der Waals surface area contributed by atoms with Crippen LogP contribution in [-0.2, 0) is 23.9 Å². The summed E-state index contributed by atoms with van der Waals surface area (Å²) in [5.41, 5.74) is 6.62. The number of anilines is 1. The Morgan fingerprint density at radius 1 is 1.07 bits per heavy atom. The Labute approximate surface area is 240 Å². The zero-order valence-corrected chi connectivity index (χ0v) is 24.6. The van der Waals surface area contributed by atoms with E-state index in [1.807, 2.05) is 42.5 Å². The fourth-order valence-electron chi connectivity index (χ4n) is 4.78. The van der Waals surface area contributed by atoms with Crippen LogP contribution in [0, 0.1) is 11.3 Å². The molecule has 0 spiro atoms. The van der Waals surface area contributed by atoms with Gasteiger partial charge in [-0.1, -0.05) is 38.1 Å². The summed E-state index contributed by atoms with van der Waals surface area (Å²) >= 11 is 0. The Bertz CT molecular complexity index is 1360. The molecule has 2 aliphatic heterocycles. The fourth-order valence-corrected chi connectivity index (χ4v) is 4.78. The molecule has 3 N–H and O–H groups in total. The standard InChI is InChI=1S/C30H40N6O5/c1-18(2)25-27(38)31-19(3)28(39)36-16-8-10-22(33-36)26(37)34-35(6)24-14-13-21-12-11-20(17-23(21)32-24)9-7-15-30(4,5)29(40)41-25/h7,9,11-14,17-19,22,25,33H,8,10,15-16H2,1-6H3,(H,31,38)(H,34,37)/b9-7+/t19-,22-,25-/m0/s1. The molecule has 5 bridgehead atoms. The van der Waals surface area contributed by atoms with Gasteiger partial charge in [-0.15, -0.1) is 0 Å². The number of ether oxygens (including phenoxy) is 1. The van der Waals surface area contributed by atoms with Crippen molar-refractivity contribution in [2.75, 3.05) is 18.6 Å². The van der Waals surface area contributed by atoms with Gasteiger partial charge in [-0.3, -0.25) is 34.6 Å². The molecule has 1 fully saturated rings. The van der Waals surface area contributed by atoms with E-state index in [2.05, 4.69) is 16.2 Å². The molecule has 3 amide bonds. The van der Waals surface area contributed by atoms with E-state index in [1.54, 1.807) is 46.7 Å². The minimum Gasteiger partial charge on any atom is -0.452 e. The summed E-state index contributed by atoms with van der Waals surface area (Å²) in [6.07, 6.45) is 4.27. The van der Waals surface area contributed by atoms with Gasteiger partial charge >= 0.3 is 5.97 Å². The third kappa shape index (κ3) is 7.02.